The van der Waals surface area contributed by atoms with Gasteiger partial charge in [-0.3, -0.25) is 0 Å². The van der Waals surface area contributed by atoms with Crippen LogP contribution in [-0.2, 0) is 12.8 Å². The Bertz CT molecular complexity index is 887. The lowest BCUT2D eigenvalue weighted by atomic mass is 10.1. The fraction of sp³-hybridized carbons (Fsp3) is 0.333. The monoisotopic (exact) mass is 367 g/mol. The fourth-order valence-corrected chi connectivity index (χ4v) is 3.61. The van der Waals surface area contributed by atoms with Crippen LogP contribution in [0.3, 0.4) is 0 Å². The van der Waals surface area contributed by atoms with Gasteiger partial charge in [-0.1, -0.05) is 53.7 Å². The number of aromatic nitrogens is 3. The quantitative estimate of drug-likeness (QED) is 0.563. The molecule has 0 aliphatic carbocycles. The Balaban J connectivity index is 1.69. The van der Waals surface area contributed by atoms with Gasteiger partial charge in [0.15, 0.2) is 17.1 Å². The van der Waals surface area contributed by atoms with E-state index in [1.807, 2.05) is 30.7 Å². The molecule has 136 valence electrons. The van der Waals surface area contributed by atoms with E-state index in [1.54, 1.807) is 11.8 Å². The largest absolute Gasteiger partial charge is 0.482 e. The average Bonchev–Trinajstić information content (AvgIpc) is 2.99. The number of thioether (sulfide) groups is 1. The SMILES string of the molecule is Cc1ccc(CSc2nnc(C(C)Oc3cccc(C)c3C)n2C)cc1. The van der Waals surface area contributed by atoms with Gasteiger partial charge in [-0.05, 0) is 50.5 Å². The van der Waals surface area contributed by atoms with Crippen molar-refractivity contribution in [2.75, 3.05) is 0 Å². The van der Waals surface area contributed by atoms with Crippen molar-refractivity contribution in [1.29, 1.82) is 0 Å². The van der Waals surface area contributed by atoms with Crippen molar-refractivity contribution in [2.45, 2.75) is 44.7 Å². The Morgan fingerprint density at radius 2 is 1.77 bits per heavy atom. The highest BCUT2D eigenvalue weighted by Crippen LogP contribution is 2.28. The Morgan fingerprint density at radius 1 is 1.04 bits per heavy atom. The molecule has 0 N–H and O–H groups in total. The minimum atomic E-state index is -0.165. The predicted octanol–water partition coefficient (Wildman–Crippen LogP) is 5.17. The number of aryl methyl sites for hydroxylation is 2. The maximum atomic E-state index is 6.15. The number of nitrogens with zero attached hydrogens (tertiary/aromatic N) is 3. The number of hydrogen-bond acceptors (Lipinski definition) is 4. The molecule has 0 fully saturated rings. The first-order valence-electron chi connectivity index (χ1n) is 8.76. The van der Waals surface area contributed by atoms with Crippen LogP contribution in [0.5, 0.6) is 5.75 Å². The van der Waals surface area contributed by atoms with Crippen LogP contribution in [0.2, 0.25) is 0 Å². The number of benzene rings is 2. The molecular formula is C21H25N3OS. The van der Waals surface area contributed by atoms with Crippen LogP contribution < -0.4 is 4.74 Å². The van der Waals surface area contributed by atoms with Gasteiger partial charge < -0.3 is 9.30 Å². The van der Waals surface area contributed by atoms with E-state index in [9.17, 15) is 0 Å². The molecule has 5 heteroatoms. The molecule has 0 saturated heterocycles. The Kier molecular flexibility index (Phi) is 5.67. The molecule has 0 amide bonds. The van der Waals surface area contributed by atoms with Gasteiger partial charge in [-0.25, -0.2) is 0 Å². The standard InChI is InChI=1S/C21H25N3OS/c1-14-9-11-18(12-10-14)13-26-21-23-22-20(24(21)5)17(4)25-19-8-6-7-15(2)16(19)3/h6-12,17H,13H2,1-5H3. The molecule has 4 nitrogen and oxygen atoms in total. The van der Waals surface area contributed by atoms with E-state index in [2.05, 4.69) is 61.3 Å². The Labute approximate surface area is 159 Å². The van der Waals surface area contributed by atoms with Crippen molar-refractivity contribution >= 4 is 11.8 Å². The highest BCUT2D eigenvalue weighted by atomic mass is 32.2. The van der Waals surface area contributed by atoms with E-state index in [4.69, 9.17) is 4.74 Å². The Hall–Kier alpha value is -2.27. The topological polar surface area (TPSA) is 39.9 Å². The van der Waals surface area contributed by atoms with Crippen molar-refractivity contribution in [3.05, 3.63) is 70.5 Å². The molecule has 2 aromatic carbocycles. The molecular weight excluding hydrogens is 342 g/mol. The van der Waals surface area contributed by atoms with Crippen molar-refractivity contribution in [2.24, 2.45) is 7.05 Å². The maximum Gasteiger partial charge on any atom is 0.191 e. The zero-order chi connectivity index (χ0) is 18.7. The molecule has 1 unspecified atom stereocenters. The zero-order valence-corrected chi connectivity index (χ0v) is 16.8. The van der Waals surface area contributed by atoms with Gasteiger partial charge in [0.2, 0.25) is 0 Å². The van der Waals surface area contributed by atoms with E-state index >= 15 is 0 Å². The highest BCUT2D eigenvalue weighted by molar-refractivity contribution is 7.98. The summed E-state index contributed by atoms with van der Waals surface area (Å²) in [6.07, 6.45) is -0.165. The van der Waals surface area contributed by atoms with Gasteiger partial charge in [0.1, 0.15) is 5.75 Å². The van der Waals surface area contributed by atoms with Crippen LogP contribution in [0.15, 0.2) is 47.6 Å². The molecule has 0 spiro atoms. The maximum absolute atomic E-state index is 6.15. The molecule has 0 aliphatic rings. The lowest BCUT2D eigenvalue weighted by molar-refractivity contribution is 0.210. The predicted molar refractivity (Wildman–Crippen MR) is 107 cm³/mol. The summed E-state index contributed by atoms with van der Waals surface area (Å²) in [6.45, 7) is 8.29. The summed E-state index contributed by atoms with van der Waals surface area (Å²) in [5, 5.41) is 9.60. The molecule has 26 heavy (non-hydrogen) atoms. The summed E-state index contributed by atoms with van der Waals surface area (Å²) in [5.41, 5.74) is 4.94. The van der Waals surface area contributed by atoms with Crippen molar-refractivity contribution in [3.63, 3.8) is 0 Å². The van der Waals surface area contributed by atoms with Crippen molar-refractivity contribution in [3.8, 4) is 5.75 Å². The normalized spacial score (nSPS) is 12.2. The first kappa shape index (κ1) is 18.5. The molecule has 0 radical (unpaired) electrons. The molecule has 1 atom stereocenters. The molecule has 1 aromatic heterocycles. The summed E-state index contributed by atoms with van der Waals surface area (Å²) >= 11 is 1.69. The second kappa shape index (κ2) is 7.96. The highest BCUT2D eigenvalue weighted by Gasteiger charge is 2.18. The molecule has 0 bridgehead atoms. The number of ether oxygens (including phenoxy) is 1. The van der Waals surface area contributed by atoms with Gasteiger partial charge in [-0.2, -0.15) is 0 Å². The van der Waals surface area contributed by atoms with Crippen LogP contribution in [-0.4, -0.2) is 14.8 Å². The Morgan fingerprint density at radius 3 is 2.50 bits per heavy atom. The molecule has 3 rings (SSSR count). The third-order valence-corrected chi connectivity index (χ3v) is 5.67. The van der Waals surface area contributed by atoms with Crippen LogP contribution in [0, 0.1) is 20.8 Å². The third kappa shape index (κ3) is 4.10. The smallest absolute Gasteiger partial charge is 0.191 e. The van der Waals surface area contributed by atoms with E-state index < -0.39 is 0 Å². The van der Waals surface area contributed by atoms with Crippen LogP contribution in [0.25, 0.3) is 0 Å². The molecule has 0 aliphatic heterocycles. The van der Waals surface area contributed by atoms with Crippen molar-refractivity contribution in [1.82, 2.24) is 14.8 Å². The van der Waals surface area contributed by atoms with Gasteiger partial charge >= 0.3 is 0 Å². The summed E-state index contributed by atoms with van der Waals surface area (Å²) in [4.78, 5) is 0. The molecule has 0 saturated carbocycles. The van der Waals surface area contributed by atoms with Gasteiger partial charge in [0.25, 0.3) is 0 Å². The second-order valence-electron chi connectivity index (χ2n) is 6.63. The van der Waals surface area contributed by atoms with Crippen LogP contribution in [0.4, 0.5) is 0 Å². The van der Waals surface area contributed by atoms with Gasteiger partial charge in [0.05, 0.1) is 0 Å². The summed E-state index contributed by atoms with van der Waals surface area (Å²) < 4.78 is 8.17. The van der Waals surface area contributed by atoms with Gasteiger partial charge in [-0.15, -0.1) is 10.2 Å². The first-order chi connectivity index (χ1) is 12.5. The minimum absolute atomic E-state index is 0.165. The van der Waals surface area contributed by atoms with E-state index in [-0.39, 0.29) is 6.10 Å². The first-order valence-corrected chi connectivity index (χ1v) is 9.74. The summed E-state index contributed by atoms with van der Waals surface area (Å²) in [6, 6.07) is 14.7. The third-order valence-electron chi connectivity index (χ3n) is 4.58. The van der Waals surface area contributed by atoms with Crippen molar-refractivity contribution < 1.29 is 4.74 Å². The van der Waals surface area contributed by atoms with Gasteiger partial charge in [0, 0.05) is 12.8 Å². The second-order valence-corrected chi connectivity index (χ2v) is 7.57. The lowest BCUT2D eigenvalue weighted by Gasteiger charge is -2.17. The zero-order valence-electron chi connectivity index (χ0n) is 16.0. The van der Waals surface area contributed by atoms with E-state index in [0.717, 1.165) is 28.0 Å². The molecule has 3 aromatic rings. The van der Waals surface area contributed by atoms with Crippen LogP contribution >= 0.6 is 11.8 Å². The average molecular weight is 368 g/mol. The summed E-state index contributed by atoms with van der Waals surface area (Å²) in [7, 11) is 2.00. The minimum Gasteiger partial charge on any atom is -0.482 e. The number of rotatable bonds is 6. The number of hydrogen-bond donors (Lipinski definition) is 0. The van der Waals surface area contributed by atoms with E-state index in [1.165, 1.54) is 16.7 Å². The lowest BCUT2D eigenvalue weighted by Crippen LogP contribution is -2.10. The van der Waals surface area contributed by atoms with Crippen LogP contribution in [0.1, 0.15) is 41.1 Å². The van der Waals surface area contributed by atoms with E-state index in [0.29, 0.717) is 0 Å². The summed E-state index contributed by atoms with van der Waals surface area (Å²) in [5.74, 6) is 2.60. The fourth-order valence-electron chi connectivity index (χ4n) is 2.73. The molecule has 1 heterocycles.